The van der Waals surface area contributed by atoms with Crippen LogP contribution in [0.15, 0.2) is 42.6 Å². The van der Waals surface area contributed by atoms with Crippen LogP contribution in [0.2, 0.25) is 5.02 Å². The van der Waals surface area contributed by atoms with Gasteiger partial charge < -0.3 is 5.11 Å². The van der Waals surface area contributed by atoms with E-state index in [0.29, 0.717) is 17.1 Å². The van der Waals surface area contributed by atoms with E-state index in [1.807, 2.05) is 18.2 Å². The lowest BCUT2D eigenvalue weighted by atomic mass is 10.1. The molecule has 1 heterocycles. The Hall–Kier alpha value is -2.09. The Morgan fingerprint density at radius 3 is 2.89 bits per heavy atom. The van der Waals surface area contributed by atoms with Crippen molar-refractivity contribution in [2.75, 3.05) is 0 Å². The summed E-state index contributed by atoms with van der Waals surface area (Å²) in [6.45, 7) is 0.436. The Bertz CT molecular complexity index is 595. The molecule has 1 aromatic heterocycles. The first-order chi connectivity index (χ1) is 9.20. The van der Waals surface area contributed by atoms with Crippen LogP contribution in [0, 0.1) is 11.3 Å². The highest BCUT2D eigenvalue weighted by Crippen LogP contribution is 2.27. The molecule has 0 saturated carbocycles. The van der Waals surface area contributed by atoms with E-state index in [1.165, 1.54) is 6.07 Å². The molecule has 0 radical (unpaired) electrons. The van der Waals surface area contributed by atoms with Crippen LogP contribution >= 0.6 is 11.6 Å². The van der Waals surface area contributed by atoms with Crippen molar-refractivity contribution in [2.24, 2.45) is 0 Å². The lowest BCUT2D eigenvalue weighted by molar-refractivity contribution is 0.459. The number of aromatic hydroxyl groups is 1. The molecule has 19 heavy (non-hydrogen) atoms. The molecule has 2 rings (SSSR count). The minimum absolute atomic E-state index is 0.0458. The summed E-state index contributed by atoms with van der Waals surface area (Å²) >= 11 is 5.87. The lowest BCUT2D eigenvalue weighted by Gasteiger charge is -2.13. The predicted octanol–water partition coefficient (Wildman–Crippen LogP) is 2.80. The van der Waals surface area contributed by atoms with Crippen LogP contribution in [0.5, 0.6) is 5.75 Å². The maximum Gasteiger partial charge on any atom is 0.125 e. The van der Waals surface area contributed by atoms with Gasteiger partial charge in [-0.2, -0.15) is 5.26 Å². The smallest absolute Gasteiger partial charge is 0.125 e. The van der Waals surface area contributed by atoms with Crippen LogP contribution in [0.1, 0.15) is 17.3 Å². The summed E-state index contributed by atoms with van der Waals surface area (Å²) in [4.78, 5) is 4.16. The third-order valence-corrected chi connectivity index (χ3v) is 2.88. The number of phenolic OH excluding ortho intramolecular Hbond substituents is 1. The maximum absolute atomic E-state index is 9.77. The lowest BCUT2D eigenvalue weighted by Crippen LogP contribution is -2.20. The molecule has 0 saturated heterocycles. The number of halogens is 1. The van der Waals surface area contributed by atoms with Gasteiger partial charge in [-0.15, -0.1) is 0 Å². The van der Waals surface area contributed by atoms with E-state index in [4.69, 9.17) is 11.6 Å². The normalized spacial score (nSPS) is 11.8. The van der Waals surface area contributed by atoms with Crippen LogP contribution in [-0.2, 0) is 6.54 Å². The van der Waals surface area contributed by atoms with Gasteiger partial charge in [0.1, 0.15) is 11.8 Å². The number of aromatic nitrogens is 1. The number of nitrogens with zero attached hydrogens (tertiary/aromatic N) is 2. The Morgan fingerprint density at radius 1 is 1.37 bits per heavy atom. The average molecular weight is 274 g/mol. The summed E-state index contributed by atoms with van der Waals surface area (Å²) in [7, 11) is 0. The molecule has 1 unspecified atom stereocenters. The second kappa shape index (κ2) is 6.19. The van der Waals surface area contributed by atoms with Crippen molar-refractivity contribution >= 4 is 11.6 Å². The highest BCUT2D eigenvalue weighted by Gasteiger charge is 2.14. The standard InChI is InChI=1S/C14H12ClN3O/c15-10-4-5-14(19)12(7-10)13(8-16)18-9-11-3-1-2-6-17-11/h1-7,13,18-19H,9H2. The van der Waals surface area contributed by atoms with Crippen molar-refractivity contribution in [1.29, 1.82) is 5.26 Å². The molecule has 0 spiro atoms. The number of nitrogens with one attached hydrogen (secondary N) is 1. The van der Waals surface area contributed by atoms with Gasteiger partial charge in [0.2, 0.25) is 0 Å². The van der Waals surface area contributed by atoms with Crippen LogP contribution in [-0.4, -0.2) is 10.1 Å². The average Bonchev–Trinajstić information content (AvgIpc) is 2.44. The zero-order chi connectivity index (χ0) is 13.7. The number of hydrogen-bond acceptors (Lipinski definition) is 4. The number of pyridine rings is 1. The first-order valence-electron chi connectivity index (χ1n) is 5.72. The van der Waals surface area contributed by atoms with Gasteiger partial charge >= 0.3 is 0 Å². The molecule has 1 atom stereocenters. The molecule has 0 amide bonds. The Kier molecular flexibility index (Phi) is 4.35. The van der Waals surface area contributed by atoms with Gasteiger partial charge in [0, 0.05) is 23.3 Å². The molecule has 0 aliphatic rings. The van der Waals surface area contributed by atoms with Gasteiger partial charge in [-0.25, -0.2) is 0 Å². The summed E-state index contributed by atoms with van der Waals surface area (Å²) in [5, 5.41) is 22.5. The second-order valence-corrected chi connectivity index (χ2v) is 4.40. The minimum Gasteiger partial charge on any atom is -0.508 e. The number of nitriles is 1. The van der Waals surface area contributed by atoms with Gasteiger partial charge in [-0.3, -0.25) is 10.3 Å². The van der Waals surface area contributed by atoms with E-state index < -0.39 is 6.04 Å². The molecule has 0 aliphatic carbocycles. The van der Waals surface area contributed by atoms with Gasteiger partial charge in [-0.05, 0) is 30.3 Å². The van der Waals surface area contributed by atoms with E-state index in [0.717, 1.165) is 5.69 Å². The van der Waals surface area contributed by atoms with Crippen molar-refractivity contribution in [3.8, 4) is 11.8 Å². The number of benzene rings is 1. The fraction of sp³-hybridized carbons (Fsp3) is 0.143. The van der Waals surface area contributed by atoms with E-state index >= 15 is 0 Å². The van der Waals surface area contributed by atoms with Crippen LogP contribution in [0.4, 0.5) is 0 Å². The number of rotatable bonds is 4. The molecule has 2 N–H and O–H groups in total. The topological polar surface area (TPSA) is 68.9 Å². The fourth-order valence-electron chi connectivity index (χ4n) is 1.69. The highest BCUT2D eigenvalue weighted by molar-refractivity contribution is 6.30. The van der Waals surface area contributed by atoms with Crippen molar-refractivity contribution in [1.82, 2.24) is 10.3 Å². The zero-order valence-corrected chi connectivity index (χ0v) is 10.8. The first-order valence-corrected chi connectivity index (χ1v) is 6.10. The Balaban J connectivity index is 2.13. The third-order valence-electron chi connectivity index (χ3n) is 2.64. The third kappa shape index (κ3) is 3.44. The van der Waals surface area contributed by atoms with Gasteiger partial charge in [0.25, 0.3) is 0 Å². The molecule has 2 aromatic rings. The monoisotopic (exact) mass is 273 g/mol. The maximum atomic E-state index is 9.77. The van der Waals surface area contributed by atoms with Gasteiger partial charge in [-0.1, -0.05) is 17.7 Å². The van der Waals surface area contributed by atoms with Crippen LogP contribution in [0.25, 0.3) is 0 Å². The molecule has 0 bridgehead atoms. The van der Waals surface area contributed by atoms with Crippen molar-refractivity contribution in [3.05, 3.63) is 58.9 Å². The molecule has 5 heteroatoms. The fourth-order valence-corrected chi connectivity index (χ4v) is 1.87. The van der Waals surface area contributed by atoms with Gasteiger partial charge in [0.05, 0.1) is 11.8 Å². The van der Waals surface area contributed by atoms with E-state index in [2.05, 4.69) is 16.4 Å². The highest BCUT2D eigenvalue weighted by atomic mass is 35.5. The van der Waals surface area contributed by atoms with Crippen LogP contribution < -0.4 is 5.32 Å². The largest absolute Gasteiger partial charge is 0.508 e. The summed E-state index contributed by atoms with van der Waals surface area (Å²) in [6.07, 6.45) is 1.69. The van der Waals surface area contributed by atoms with E-state index in [-0.39, 0.29) is 5.75 Å². The molecule has 4 nitrogen and oxygen atoms in total. The Labute approximate surface area is 116 Å². The zero-order valence-electron chi connectivity index (χ0n) is 10.0. The van der Waals surface area contributed by atoms with Gasteiger partial charge in [0.15, 0.2) is 0 Å². The second-order valence-electron chi connectivity index (χ2n) is 3.97. The summed E-state index contributed by atoms with van der Waals surface area (Å²) in [6, 6.07) is 11.7. The molecule has 96 valence electrons. The molecule has 1 aromatic carbocycles. The predicted molar refractivity (Wildman–Crippen MR) is 72.5 cm³/mol. The van der Waals surface area contributed by atoms with E-state index in [1.54, 1.807) is 18.3 Å². The summed E-state index contributed by atoms with van der Waals surface area (Å²) < 4.78 is 0. The number of phenols is 1. The van der Waals surface area contributed by atoms with Crippen LogP contribution in [0.3, 0.4) is 0 Å². The molecule has 0 aliphatic heterocycles. The first kappa shape index (κ1) is 13.3. The number of hydrogen-bond donors (Lipinski definition) is 2. The summed E-state index contributed by atoms with van der Waals surface area (Å²) in [5.41, 5.74) is 1.29. The SMILES string of the molecule is N#CC(NCc1ccccn1)c1cc(Cl)ccc1O. The van der Waals surface area contributed by atoms with Crippen molar-refractivity contribution in [2.45, 2.75) is 12.6 Å². The molecule has 0 fully saturated rings. The van der Waals surface area contributed by atoms with Crippen molar-refractivity contribution < 1.29 is 5.11 Å². The molecular formula is C14H12ClN3O. The summed E-state index contributed by atoms with van der Waals surface area (Å²) in [5.74, 6) is 0.0458. The minimum atomic E-state index is -0.638. The quantitative estimate of drug-likeness (QED) is 0.899. The Morgan fingerprint density at radius 2 is 2.21 bits per heavy atom. The van der Waals surface area contributed by atoms with E-state index in [9.17, 15) is 10.4 Å². The van der Waals surface area contributed by atoms with Crippen molar-refractivity contribution in [3.63, 3.8) is 0 Å². The molecular weight excluding hydrogens is 262 g/mol.